The van der Waals surface area contributed by atoms with Crippen LogP contribution in [0.4, 0.5) is 10.5 Å². The molecular formula is C24H36ClN3O3. The topological polar surface area (TPSA) is 45.2 Å². The van der Waals surface area contributed by atoms with Gasteiger partial charge in [0, 0.05) is 38.3 Å². The highest BCUT2D eigenvalue weighted by Gasteiger charge is 2.44. The number of hydrogen-bond donors (Lipinski definition) is 0. The molecule has 6 nitrogen and oxygen atoms in total. The summed E-state index contributed by atoms with van der Waals surface area (Å²) in [6, 6.07) is 6.41. The van der Waals surface area contributed by atoms with Crippen molar-refractivity contribution in [1.82, 2.24) is 9.80 Å². The molecule has 3 aliphatic rings. The number of nitrogens with zero attached hydrogens (tertiary/aromatic N) is 3. The minimum absolute atomic E-state index is 0.164. The molecule has 0 aromatic heterocycles. The molecule has 1 spiro atoms. The smallest absolute Gasteiger partial charge is 0.410 e. The molecular weight excluding hydrogens is 414 g/mol. The number of halogens is 1. The van der Waals surface area contributed by atoms with Gasteiger partial charge in [-0.1, -0.05) is 23.7 Å². The molecule has 1 aromatic rings. The number of hydrogen-bond acceptors (Lipinski definition) is 5. The molecule has 0 radical (unpaired) electrons. The molecule has 31 heavy (non-hydrogen) atoms. The Morgan fingerprint density at radius 1 is 1.10 bits per heavy atom. The normalized spacial score (nSPS) is 22.2. The molecule has 3 fully saturated rings. The van der Waals surface area contributed by atoms with Crippen molar-refractivity contribution < 1.29 is 14.3 Å². The molecule has 0 bridgehead atoms. The third-order valence-electron chi connectivity index (χ3n) is 6.86. The maximum atomic E-state index is 12.5. The maximum Gasteiger partial charge on any atom is 0.410 e. The average molecular weight is 450 g/mol. The van der Waals surface area contributed by atoms with Gasteiger partial charge in [-0.3, -0.25) is 4.90 Å². The molecule has 1 aromatic carbocycles. The number of likely N-dealkylation sites (tertiary alicyclic amines) is 2. The molecule has 3 aliphatic heterocycles. The molecule has 3 heterocycles. The zero-order valence-electron chi connectivity index (χ0n) is 19.2. The molecule has 172 valence electrons. The summed E-state index contributed by atoms with van der Waals surface area (Å²) in [5, 5.41) is 0.873. The third kappa shape index (κ3) is 5.12. The van der Waals surface area contributed by atoms with Crippen molar-refractivity contribution in [2.75, 3.05) is 50.8 Å². The quantitative estimate of drug-likeness (QED) is 0.677. The fourth-order valence-corrected chi connectivity index (χ4v) is 5.49. The van der Waals surface area contributed by atoms with E-state index in [1.54, 1.807) is 0 Å². The van der Waals surface area contributed by atoms with Crippen LogP contribution >= 0.6 is 11.6 Å². The van der Waals surface area contributed by atoms with E-state index in [9.17, 15) is 4.79 Å². The molecule has 1 amide bonds. The van der Waals surface area contributed by atoms with Gasteiger partial charge in [-0.15, -0.1) is 0 Å². The van der Waals surface area contributed by atoms with Crippen molar-refractivity contribution in [1.29, 1.82) is 0 Å². The van der Waals surface area contributed by atoms with Gasteiger partial charge in [-0.2, -0.15) is 0 Å². The lowest BCUT2D eigenvalue weighted by atomic mass is 9.85. The van der Waals surface area contributed by atoms with Gasteiger partial charge in [-0.05, 0) is 64.6 Å². The summed E-state index contributed by atoms with van der Waals surface area (Å²) in [5.41, 5.74) is 2.03. The van der Waals surface area contributed by atoms with Crippen LogP contribution in [0.2, 0.25) is 5.02 Å². The van der Waals surface area contributed by atoms with Gasteiger partial charge in [0.1, 0.15) is 5.60 Å². The molecule has 4 rings (SSSR count). The van der Waals surface area contributed by atoms with E-state index in [4.69, 9.17) is 21.1 Å². The summed E-state index contributed by atoms with van der Waals surface area (Å²) >= 11 is 6.90. The van der Waals surface area contributed by atoms with Gasteiger partial charge in [0.15, 0.2) is 0 Å². The van der Waals surface area contributed by atoms with E-state index in [0.717, 1.165) is 76.0 Å². The number of morpholine rings is 1. The predicted molar refractivity (Wildman–Crippen MR) is 124 cm³/mol. The molecule has 3 saturated heterocycles. The van der Waals surface area contributed by atoms with E-state index < -0.39 is 5.60 Å². The van der Waals surface area contributed by atoms with Crippen molar-refractivity contribution in [3.8, 4) is 0 Å². The first-order valence-corrected chi connectivity index (χ1v) is 12.0. The SMILES string of the molecule is CC(C)(C)OC(=O)N1CCC2(CCCN2Cc2cccc(N3CCOCC3)c2Cl)CC1. The minimum Gasteiger partial charge on any atom is -0.444 e. The van der Waals surface area contributed by atoms with Crippen molar-refractivity contribution in [3.63, 3.8) is 0 Å². The fourth-order valence-electron chi connectivity index (χ4n) is 5.18. The minimum atomic E-state index is -0.451. The summed E-state index contributed by atoms with van der Waals surface area (Å²) in [6.45, 7) is 12.5. The average Bonchev–Trinajstić information content (AvgIpc) is 3.11. The van der Waals surface area contributed by atoms with E-state index >= 15 is 0 Å². The second-order valence-electron chi connectivity index (χ2n) is 10.1. The first-order valence-electron chi connectivity index (χ1n) is 11.6. The van der Waals surface area contributed by atoms with Gasteiger partial charge in [0.25, 0.3) is 0 Å². The van der Waals surface area contributed by atoms with Gasteiger partial charge in [-0.25, -0.2) is 4.79 Å². The molecule has 0 saturated carbocycles. The molecule has 0 aliphatic carbocycles. The Balaban J connectivity index is 1.42. The summed E-state index contributed by atoms with van der Waals surface area (Å²) in [6.07, 6.45) is 4.19. The second kappa shape index (κ2) is 9.16. The predicted octanol–water partition coefficient (Wildman–Crippen LogP) is 4.54. The van der Waals surface area contributed by atoms with Gasteiger partial charge in [0.05, 0.1) is 23.9 Å². The fraction of sp³-hybridized carbons (Fsp3) is 0.708. The van der Waals surface area contributed by atoms with Crippen LogP contribution in [0.1, 0.15) is 52.0 Å². The number of rotatable bonds is 3. The van der Waals surface area contributed by atoms with Crippen LogP contribution in [0.3, 0.4) is 0 Å². The van der Waals surface area contributed by atoms with E-state index in [1.165, 1.54) is 18.4 Å². The largest absolute Gasteiger partial charge is 0.444 e. The Morgan fingerprint density at radius 3 is 2.48 bits per heavy atom. The van der Waals surface area contributed by atoms with Crippen molar-refractivity contribution in [2.24, 2.45) is 0 Å². The maximum absolute atomic E-state index is 12.5. The Kier molecular flexibility index (Phi) is 6.71. The van der Waals surface area contributed by atoms with Crippen LogP contribution in [-0.4, -0.2) is 73.0 Å². The first-order chi connectivity index (χ1) is 14.8. The lowest BCUT2D eigenvalue weighted by Gasteiger charge is -2.45. The Bertz CT molecular complexity index is 781. The number of anilines is 1. The van der Waals surface area contributed by atoms with Crippen LogP contribution in [0.5, 0.6) is 0 Å². The summed E-state index contributed by atoms with van der Waals surface area (Å²) in [5.74, 6) is 0. The molecule has 0 unspecified atom stereocenters. The van der Waals surface area contributed by atoms with E-state index in [2.05, 4.69) is 28.0 Å². The second-order valence-corrected chi connectivity index (χ2v) is 10.4. The highest BCUT2D eigenvalue weighted by Crippen LogP contribution is 2.41. The van der Waals surface area contributed by atoms with E-state index in [0.29, 0.717) is 0 Å². The monoisotopic (exact) mass is 449 g/mol. The number of carbonyl (C=O) groups excluding carboxylic acids is 1. The van der Waals surface area contributed by atoms with Gasteiger partial charge >= 0.3 is 6.09 Å². The number of amides is 1. The van der Waals surface area contributed by atoms with Gasteiger partial charge < -0.3 is 19.3 Å². The molecule has 0 atom stereocenters. The summed E-state index contributed by atoms with van der Waals surface area (Å²) in [4.78, 5) is 19.3. The van der Waals surface area contributed by atoms with Crippen molar-refractivity contribution >= 4 is 23.4 Å². The van der Waals surface area contributed by atoms with E-state index in [-0.39, 0.29) is 11.6 Å². The van der Waals surface area contributed by atoms with Crippen LogP contribution in [-0.2, 0) is 16.0 Å². The van der Waals surface area contributed by atoms with Crippen LogP contribution in [0.25, 0.3) is 0 Å². The van der Waals surface area contributed by atoms with Crippen LogP contribution in [0, 0.1) is 0 Å². The Hall–Kier alpha value is -1.50. The van der Waals surface area contributed by atoms with Crippen LogP contribution < -0.4 is 4.90 Å². The lowest BCUT2D eigenvalue weighted by molar-refractivity contribution is 0.00166. The first kappa shape index (κ1) is 22.7. The molecule has 0 N–H and O–H groups in total. The summed E-state index contributed by atoms with van der Waals surface area (Å²) < 4.78 is 11.1. The van der Waals surface area contributed by atoms with E-state index in [1.807, 2.05) is 25.7 Å². The van der Waals surface area contributed by atoms with Gasteiger partial charge in [0.2, 0.25) is 0 Å². The zero-order valence-corrected chi connectivity index (χ0v) is 19.9. The van der Waals surface area contributed by atoms with Crippen molar-refractivity contribution in [3.05, 3.63) is 28.8 Å². The number of carbonyl (C=O) groups is 1. The number of ether oxygens (including phenoxy) is 2. The lowest BCUT2D eigenvalue weighted by Crippen LogP contribution is -2.53. The highest BCUT2D eigenvalue weighted by atomic mass is 35.5. The third-order valence-corrected chi connectivity index (χ3v) is 7.29. The standard InChI is InChI=1S/C24H36ClN3O3/c1-23(2,3)31-22(29)27-12-9-24(10-13-27)8-5-11-28(24)18-19-6-4-7-20(21(19)25)26-14-16-30-17-15-26/h4,6-7H,5,8-18H2,1-3H3. The molecule has 7 heteroatoms. The highest BCUT2D eigenvalue weighted by molar-refractivity contribution is 6.34. The zero-order chi connectivity index (χ0) is 22.1. The van der Waals surface area contributed by atoms with Crippen molar-refractivity contribution in [2.45, 2.75) is 64.1 Å². The Labute approximate surface area is 191 Å². The summed E-state index contributed by atoms with van der Waals surface area (Å²) in [7, 11) is 0. The number of benzene rings is 1. The van der Waals surface area contributed by atoms with Crippen LogP contribution in [0.15, 0.2) is 18.2 Å². The Morgan fingerprint density at radius 2 is 1.81 bits per heavy atom. The number of piperidine rings is 1.